The van der Waals surface area contributed by atoms with Crippen molar-refractivity contribution in [2.75, 3.05) is 0 Å². The van der Waals surface area contributed by atoms with Crippen molar-refractivity contribution < 1.29 is 19.1 Å². The highest BCUT2D eigenvalue weighted by molar-refractivity contribution is 6.32. The Kier molecular flexibility index (Phi) is 10.7. The topological polar surface area (TPSA) is 78.6 Å². The largest absolute Gasteiger partial charge is 0.487 e. The summed E-state index contributed by atoms with van der Waals surface area (Å²) in [4.78, 5) is 23.0. The van der Waals surface area contributed by atoms with Gasteiger partial charge in [-0.05, 0) is 87.8 Å². The molecule has 0 saturated heterocycles. The number of carbonyl (C=O) groups excluding carboxylic acids is 2. The third kappa shape index (κ3) is 8.25. The number of hydrogen-bond acceptors (Lipinski definition) is 4. The van der Waals surface area contributed by atoms with E-state index in [2.05, 4.69) is 34.6 Å². The number of carbonyl (C=O) groups is 2. The summed E-state index contributed by atoms with van der Waals surface area (Å²) in [5, 5.41) is 0. The molecule has 198 valence electrons. The van der Waals surface area contributed by atoms with Crippen molar-refractivity contribution >= 4 is 11.9 Å². The minimum atomic E-state index is -1.09. The van der Waals surface area contributed by atoms with Crippen LogP contribution in [0.1, 0.15) is 115 Å². The molecule has 0 unspecified atom stereocenters. The second kappa shape index (κ2) is 12.8. The highest BCUT2D eigenvalue weighted by atomic mass is 16.5. The van der Waals surface area contributed by atoms with E-state index in [0.29, 0.717) is 11.7 Å². The van der Waals surface area contributed by atoms with Gasteiger partial charge in [-0.2, -0.15) is 0 Å². The number of primary amides is 1. The SMILES string of the molecule is Cc1c(C)c2c(c(C)c1OC(=O)C(N)=O)CC[C@@](C)(CC[C@H](C)CCC[C@H](C)CCCC(C)C)O2. The normalized spacial score (nSPS) is 19.1. The molecule has 1 aromatic rings. The van der Waals surface area contributed by atoms with Gasteiger partial charge in [0.2, 0.25) is 0 Å². The fourth-order valence-corrected chi connectivity index (χ4v) is 5.28. The minimum absolute atomic E-state index is 0.194. The molecule has 1 aliphatic rings. The summed E-state index contributed by atoms with van der Waals surface area (Å²) >= 11 is 0. The van der Waals surface area contributed by atoms with Gasteiger partial charge in [-0.1, -0.05) is 66.2 Å². The van der Waals surface area contributed by atoms with E-state index in [1.54, 1.807) is 0 Å². The van der Waals surface area contributed by atoms with E-state index in [9.17, 15) is 9.59 Å². The van der Waals surface area contributed by atoms with Crippen molar-refractivity contribution in [3.8, 4) is 11.5 Å². The molecule has 0 aliphatic carbocycles. The number of esters is 1. The molecule has 0 fully saturated rings. The van der Waals surface area contributed by atoms with Crippen LogP contribution in [-0.2, 0) is 16.0 Å². The van der Waals surface area contributed by atoms with Gasteiger partial charge >= 0.3 is 11.9 Å². The van der Waals surface area contributed by atoms with E-state index in [-0.39, 0.29) is 5.60 Å². The highest BCUT2D eigenvalue weighted by Crippen LogP contribution is 2.45. The van der Waals surface area contributed by atoms with Crippen molar-refractivity contribution in [1.82, 2.24) is 0 Å². The van der Waals surface area contributed by atoms with Crippen LogP contribution >= 0.6 is 0 Å². The first-order chi connectivity index (χ1) is 16.3. The van der Waals surface area contributed by atoms with Crippen LogP contribution in [-0.4, -0.2) is 17.5 Å². The van der Waals surface area contributed by atoms with E-state index < -0.39 is 11.9 Å². The predicted molar refractivity (Wildman–Crippen MR) is 143 cm³/mol. The van der Waals surface area contributed by atoms with Crippen LogP contribution in [0.3, 0.4) is 0 Å². The van der Waals surface area contributed by atoms with Gasteiger partial charge in [0.25, 0.3) is 0 Å². The van der Waals surface area contributed by atoms with Crippen molar-refractivity contribution in [2.24, 2.45) is 23.5 Å². The van der Waals surface area contributed by atoms with E-state index >= 15 is 0 Å². The quantitative estimate of drug-likeness (QED) is 0.193. The number of ether oxygens (including phenoxy) is 2. The molecule has 0 spiro atoms. The lowest BCUT2D eigenvalue weighted by Crippen LogP contribution is -2.37. The Morgan fingerprint density at radius 1 is 0.914 bits per heavy atom. The summed E-state index contributed by atoms with van der Waals surface area (Å²) < 4.78 is 12.0. The Bertz CT molecular complexity index is 891. The third-order valence-electron chi connectivity index (χ3n) is 8.00. The lowest BCUT2D eigenvalue weighted by molar-refractivity contribution is -0.146. The first-order valence-electron chi connectivity index (χ1n) is 13.7. The summed E-state index contributed by atoms with van der Waals surface area (Å²) in [5.74, 6) is 1.57. The van der Waals surface area contributed by atoms with Gasteiger partial charge in [-0.25, -0.2) is 4.79 Å². The molecule has 1 heterocycles. The van der Waals surface area contributed by atoms with Crippen LogP contribution in [0.2, 0.25) is 0 Å². The van der Waals surface area contributed by atoms with Crippen molar-refractivity contribution in [3.05, 3.63) is 22.3 Å². The van der Waals surface area contributed by atoms with Gasteiger partial charge in [0.1, 0.15) is 17.1 Å². The second-order valence-electron chi connectivity index (χ2n) is 11.8. The summed E-state index contributed by atoms with van der Waals surface area (Å²) in [6.45, 7) is 17.4. The average molecular weight is 488 g/mol. The molecule has 0 aromatic heterocycles. The maximum absolute atomic E-state index is 11.8. The molecule has 35 heavy (non-hydrogen) atoms. The molecule has 5 nitrogen and oxygen atoms in total. The first kappa shape index (κ1) is 29.2. The Morgan fingerprint density at radius 3 is 2.06 bits per heavy atom. The Hall–Kier alpha value is -2.04. The maximum Gasteiger partial charge on any atom is 0.401 e. The van der Waals surface area contributed by atoms with Crippen LogP contribution in [0.4, 0.5) is 0 Å². The van der Waals surface area contributed by atoms with Gasteiger partial charge in [0.15, 0.2) is 0 Å². The number of nitrogens with two attached hydrogens (primary N) is 1. The van der Waals surface area contributed by atoms with Crippen LogP contribution in [0.5, 0.6) is 11.5 Å². The molecule has 3 atom stereocenters. The molecule has 1 aromatic carbocycles. The molecule has 5 heteroatoms. The van der Waals surface area contributed by atoms with Crippen LogP contribution in [0.25, 0.3) is 0 Å². The van der Waals surface area contributed by atoms with E-state index in [4.69, 9.17) is 15.2 Å². The average Bonchev–Trinajstić information content (AvgIpc) is 2.78. The molecule has 0 saturated carbocycles. The number of hydrogen-bond donors (Lipinski definition) is 1. The summed E-state index contributed by atoms with van der Waals surface area (Å²) in [6, 6.07) is 0. The molecule has 2 rings (SSSR count). The number of rotatable bonds is 12. The van der Waals surface area contributed by atoms with E-state index in [1.807, 2.05) is 20.8 Å². The molecule has 0 bridgehead atoms. The Morgan fingerprint density at radius 2 is 1.49 bits per heavy atom. The van der Waals surface area contributed by atoms with Gasteiger partial charge in [-0.3, -0.25) is 4.79 Å². The highest BCUT2D eigenvalue weighted by Gasteiger charge is 2.35. The van der Waals surface area contributed by atoms with Gasteiger partial charge < -0.3 is 15.2 Å². The smallest absolute Gasteiger partial charge is 0.401 e. The second-order valence-corrected chi connectivity index (χ2v) is 11.8. The summed E-state index contributed by atoms with van der Waals surface area (Å²) in [7, 11) is 0. The van der Waals surface area contributed by atoms with Crippen LogP contribution in [0.15, 0.2) is 0 Å². The first-order valence-corrected chi connectivity index (χ1v) is 13.7. The zero-order chi connectivity index (χ0) is 26.3. The lowest BCUT2D eigenvalue weighted by atomic mass is 9.83. The standard InChI is InChI=1S/C30H49NO4/c1-19(2)11-9-12-20(3)13-10-14-21(4)15-17-30(8)18-16-25-24(7)26(34-29(33)28(31)32)22(5)23(6)27(25)35-30/h19-21H,9-18H2,1-8H3,(H2,31,32)/t20-,21-,30-/m1/s1. The van der Waals surface area contributed by atoms with E-state index in [1.165, 1.54) is 44.9 Å². The van der Waals surface area contributed by atoms with Crippen LogP contribution < -0.4 is 15.2 Å². The third-order valence-corrected chi connectivity index (χ3v) is 8.00. The monoisotopic (exact) mass is 487 g/mol. The molecule has 0 radical (unpaired) electrons. The van der Waals surface area contributed by atoms with Crippen molar-refractivity contribution in [1.29, 1.82) is 0 Å². The van der Waals surface area contributed by atoms with Crippen molar-refractivity contribution in [3.63, 3.8) is 0 Å². The number of amides is 1. The maximum atomic E-state index is 11.8. The molecule has 1 amide bonds. The fourth-order valence-electron chi connectivity index (χ4n) is 5.28. The number of fused-ring (bicyclic) bond motifs is 1. The fraction of sp³-hybridized carbons (Fsp3) is 0.733. The Labute approximate surface area is 213 Å². The van der Waals surface area contributed by atoms with Crippen LogP contribution in [0, 0.1) is 38.5 Å². The minimum Gasteiger partial charge on any atom is -0.487 e. The predicted octanol–water partition coefficient (Wildman–Crippen LogP) is 7.14. The van der Waals surface area contributed by atoms with Gasteiger partial charge in [0, 0.05) is 5.56 Å². The van der Waals surface area contributed by atoms with Crippen molar-refractivity contribution in [2.45, 2.75) is 125 Å². The number of benzene rings is 1. The summed E-state index contributed by atoms with van der Waals surface area (Å²) in [5.41, 5.74) is 8.60. The molecular formula is C30H49NO4. The van der Waals surface area contributed by atoms with E-state index in [0.717, 1.165) is 59.1 Å². The molecular weight excluding hydrogens is 438 g/mol. The van der Waals surface area contributed by atoms with Gasteiger partial charge in [0.05, 0.1) is 0 Å². The zero-order valence-corrected chi connectivity index (χ0v) is 23.5. The molecule has 1 aliphatic heterocycles. The lowest BCUT2D eigenvalue weighted by Gasteiger charge is -2.38. The molecule has 2 N–H and O–H groups in total. The zero-order valence-electron chi connectivity index (χ0n) is 23.5. The summed E-state index contributed by atoms with van der Waals surface area (Å²) in [6.07, 6.45) is 12.0. The Balaban J connectivity index is 1.92. The van der Waals surface area contributed by atoms with Gasteiger partial charge in [-0.15, -0.1) is 0 Å².